The van der Waals surface area contributed by atoms with Gasteiger partial charge in [-0.3, -0.25) is 4.79 Å². The fraction of sp³-hybridized carbons (Fsp3) is 0.562. The van der Waals surface area contributed by atoms with Crippen molar-refractivity contribution in [3.05, 3.63) is 35.4 Å². The van der Waals surface area contributed by atoms with E-state index in [1.165, 1.54) is 24.0 Å². The molecule has 1 aromatic rings. The van der Waals surface area contributed by atoms with E-state index in [4.69, 9.17) is 0 Å². The van der Waals surface area contributed by atoms with Gasteiger partial charge in [0.2, 0.25) is 5.91 Å². The Labute approximate surface area is 114 Å². The zero-order valence-electron chi connectivity index (χ0n) is 11.5. The van der Waals surface area contributed by atoms with Gasteiger partial charge < -0.3 is 10.6 Å². The Morgan fingerprint density at radius 3 is 2.84 bits per heavy atom. The average Bonchev–Trinajstić information content (AvgIpc) is 2.84. The normalized spacial score (nSPS) is 24.8. The van der Waals surface area contributed by atoms with Crippen molar-refractivity contribution in [1.82, 2.24) is 10.6 Å². The van der Waals surface area contributed by atoms with Crippen LogP contribution in [0.1, 0.15) is 49.7 Å². The van der Waals surface area contributed by atoms with Gasteiger partial charge in [-0.15, -0.1) is 0 Å². The Morgan fingerprint density at radius 2 is 2.05 bits per heavy atom. The lowest BCUT2D eigenvalue weighted by molar-refractivity contribution is -0.124. The zero-order chi connectivity index (χ0) is 13.3. The van der Waals surface area contributed by atoms with Crippen LogP contribution in [0.4, 0.5) is 0 Å². The maximum Gasteiger partial charge on any atom is 0.229 e. The second-order valence-electron chi connectivity index (χ2n) is 6.14. The summed E-state index contributed by atoms with van der Waals surface area (Å²) in [7, 11) is 0. The quantitative estimate of drug-likeness (QED) is 0.855. The van der Waals surface area contributed by atoms with Crippen LogP contribution in [0.25, 0.3) is 0 Å². The third-order valence-corrected chi connectivity index (χ3v) is 4.54. The van der Waals surface area contributed by atoms with E-state index in [0.717, 1.165) is 25.9 Å². The predicted molar refractivity (Wildman–Crippen MR) is 75.9 cm³/mol. The van der Waals surface area contributed by atoms with E-state index < -0.39 is 0 Å². The lowest BCUT2D eigenvalue weighted by atomic mass is 9.89. The van der Waals surface area contributed by atoms with E-state index in [9.17, 15) is 4.79 Å². The molecule has 19 heavy (non-hydrogen) atoms. The molecular formula is C16H22N2O. The summed E-state index contributed by atoms with van der Waals surface area (Å²) in [5, 5.41) is 6.64. The Kier molecular flexibility index (Phi) is 3.31. The van der Waals surface area contributed by atoms with Gasteiger partial charge in [-0.2, -0.15) is 0 Å². The molecule has 1 atom stereocenters. The highest BCUT2D eigenvalue weighted by Crippen LogP contribution is 2.31. The van der Waals surface area contributed by atoms with Crippen LogP contribution in [0.3, 0.4) is 0 Å². The molecule has 102 valence electrons. The van der Waals surface area contributed by atoms with Crippen molar-refractivity contribution >= 4 is 5.91 Å². The molecule has 1 saturated carbocycles. The van der Waals surface area contributed by atoms with Crippen LogP contribution >= 0.6 is 0 Å². The minimum atomic E-state index is -0.0395. The summed E-state index contributed by atoms with van der Waals surface area (Å²) in [4.78, 5) is 12.6. The summed E-state index contributed by atoms with van der Waals surface area (Å²) in [5.74, 6) is 0.145. The minimum absolute atomic E-state index is 0.0173. The van der Waals surface area contributed by atoms with Crippen molar-refractivity contribution in [3.8, 4) is 0 Å². The average molecular weight is 258 g/mol. The van der Waals surface area contributed by atoms with Crippen LogP contribution in [0.2, 0.25) is 0 Å². The molecule has 3 rings (SSSR count). The van der Waals surface area contributed by atoms with Crippen molar-refractivity contribution in [1.29, 1.82) is 0 Å². The molecule has 1 fully saturated rings. The summed E-state index contributed by atoms with van der Waals surface area (Å²) in [5.41, 5.74) is 2.47. The predicted octanol–water partition coefficient (Wildman–Crippen LogP) is 2.32. The molecule has 1 amide bonds. The summed E-state index contributed by atoms with van der Waals surface area (Å²) in [6, 6.07) is 8.28. The maximum absolute atomic E-state index is 12.6. The van der Waals surface area contributed by atoms with Gasteiger partial charge in [-0.1, -0.05) is 37.1 Å². The molecule has 1 heterocycles. The molecular weight excluding hydrogens is 236 g/mol. The van der Waals surface area contributed by atoms with Crippen LogP contribution in [0, 0.1) is 0 Å². The summed E-state index contributed by atoms with van der Waals surface area (Å²) < 4.78 is 0. The van der Waals surface area contributed by atoms with E-state index in [1.54, 1.807) is 0 Å². The largest absolute Gasteiger partial charge is 0.350 e. The first kappa shape index (κ1) is 12.7. The first-order valence-electron chi connectivity index (χ1n) is 7.28. The number of benzene rings is 1. The van der Waals surface area contributed by atoms with E-state index >= 15 is 0 Å². The molecule has 1 aliphatic carbocycles. The van der Waals surface area contributed by atoms with Crippen LogP contribution < -0.4 is 10.6 Å². The van der Waals surface area contributed by atoms with Gasteiger partial charge in [0.1, 0.15) is 0 Å². The number of carbonyl (C=O) groups excluding carboxylic acids is 1. The molecule has 1 aromatic carbocycles. The number of amides is 1. The van der Waals surface area contributed by atoms with Crippen molar-refractivity contribution in [2.24, 2.45) is 0 Å². The minimum Gasteiger partial charge on any atom is -0.350 e. The van der Waals surface area contributed by atoms with E-state index in [-0.39, 0.29) is 17.4 Å². The van der Waals surface area contributed by atoms with Gasteiger partial charge in [0.25, 0.3) is 0 Å². The Balaban J connectivity index is 1.78. The van der Waals surface area contributed by atoms with Crippen LogP contribution in [-0.2, 0) is 11.3 Å². The molecule has 2 N–H and O–H groups in total. The SMILES string of the molecule is CC1(NC(=O)C2CNCc3ccccc32)CCCC1. The first-order valence-corrected chi connectivity index (χ1v) is 7.28. The number of fused-ring (bicyclic) bond motifs is 1. The highest BCUT2D eigenvalue weighted by Gasteiger charge is 2.34. The van der Waals surface area contributed by atoms with Crippen LogP contribution in [-0.4, -0.2) is 18.0 Å². The maximum atomic E-state index is 12.6. The van der Waals surface area contributed by atoms with Gasteiger partial charge in [-0.25, -0.2) is 0 Å². The van der Waals surface area contributed by atoms with E-state index in [2.05, 4.69) is 29.7 Å². The molecule has 0 radical (unpaired) electrons. The highest BCUT2D eigenvalue weighted by atomic mass is 16.2. The Bertz CT molecular complexity index is 477. The first-order chi connectivity index (χ1) is 9.18. The number of hydrogen-bond acceptors (Lipinski definition) is 2. The van der Waals surface area contributed by atoms with Crippen LogP contribution in [0.15, 0.2) is 24.3 Å². The third kappa shape index (κ3) is 2.52. The topological polar surface area (TPSA) is 41.1 Å². The van der Waals surface area contributed by atoms with Crippen molar-refractivity contribution in [2.75, 3.05) is 6.54 Å². The van der Waals surface area contributed by atoms with Gasteiger partial charge in [0.15, 0.2) is 0 Å². The summed E-state index contributed by atoms with van der Waals surface area (Å²) in [6.07, 6.45) is 4.69. The number of hydrogen-bond donors (Lipinski definition) is 2. The number of rotatable bonds is 2. The second kappa shape index (κ2) is 4.97. The van der Waals surface area contributed by atoms with E-state index in [0.29, 0.717) is 0 Å². The highest BCUT2D eigenvalue weighted by molar-refractivity contribution is 5.85. The van der Waals surface area contributed by atoms with Crippen LogP contribution in [0.5, 0.6) is 0 Å². The van der Waals surface area contributed by atoms with Gasteiger partial charge in [0, 0.05) is 18.6 Å². The van der Waals surface area contributed by atoms with Gasteiger partial charge in [0.05, 0.1) is 5.92 Å². The fourth-order valence-electron chi connectivity index (χ4n) is 3.40. The summed E-state index contributed by atoms with van der Waals surface area (Å²) in [6.45, 7) is 3.80. The van der Waals surface area contributed by atoms with Gasteiger partial charge in [-0.05, 0) is 30.9 Å². The van der Waals surface area contributed by atoms with Crippen molar-refractivity contribution < 1.29 is 4.79 Å². The summed E-state index contributed by atoms with van der Waals surface area (Å²) >= 11 is 0. The Morgan fingerprint density at radius 1 is 1.32 bits per heavy atom. The third-order valence-electron chi connectivity index (χ3n) is 4.54. The number of nitrogens with one attached hydrogen (secondary N) is 2. The monoisotopic (exact) mass is 258 g/mol. The lowest BCUT2D eigenvalue weighted by Crippen LogP contribution is -2.48. The molecule has 3 heteroatoms. The lowest BCUT2D eigenvalue weighted by Gasteiger charge is -2.31. The number of carbonyl (C=O) groups is 1. The van der Waals surface area contributed by atoms with Crippen molar-refractivity contribution in [3.63, 3.8) is 0 Å². The van der Waals surface area contributed by atoms with Gasteiger partial charge >= 0.3 is 0 Å². The molecule has 0 aromatic heterocycles. The van der Waals surface area contributed by atoms with Crippen molar-refractivity contribution in [2.45, 2.75) is 50.6 Å². The Hall–Kier alpha value is -1.35. The smallest absolute Gasteiger partial charge is 0.229 e. The standard InChI is InChI=1S/C16H22N2O/c1-16(8-4-5-9-16)18-15(19)14-11-17-10-12-6-2-3-7-13(12)14/h2-3,6-7,14,17H,4-5,8-11H2,1H3,(H,18,19). The molecule has 1 aliphatic heterocycles. The zero-order valence-corrected chi connectivity index (χ0v) is 11.5. The molecule has 1 unspecified atom stereocenters. The molecule has 2 aliphatic rings. The molecule has 0 bridgehead atoms. The molecule has 3 nitrogen and oxygen atoms in total. The van der Waals surface area contributed by atoms with E-state index in [1.807, 2.05) is 12.1 Å². The molecule has 0 spiro atoms. The fourth-order valence-corrected chi connectivity index (χ4v) is 3.40. The second-order valence-corrected chi connectivity index (χ2v) is 6.14. The molecule has 0 saturated heterocycles.